The van der Waals surface area contributed by atoms with Gasteiger partial charge in [0, 0.05) is 46.2 Å². The van der Waals surface area contributed by atoms with Gasteiger partial charge in [0.25, 0.3) is 0 Å². The van der Waals surface area contributed by atoms with Crippen LogP contribution in [0.1, 0.15) is 32.6 Å². The number of amides is 1. The number of carbonyl (C=O) groups is 1. The molecule has 0 aliphatic carbocycles. The van der Waals surface area contributed by atoms with Crippen molar-refractivity contribution in [3.8, 4) is 0 Å². The van der Waals surface area contributed by atoms with Crippen molar-refractivity contribution < 1.29 is 4.79 Å². The monoisotopic (exact) mass is 267 g/mol. The van der Waals surface area contributed by atoms with Crippen molar-refractivity contribution in [3.63, 3.8) is 0 Å². The van der Waals surface area contributed by atoms with Gasteiger partial charge in [-0.1, -0.05) is 0 Å². The summed E-state index contributed by atoms with van der Waals surface area (Å²) in [7, 11) is 2.21. The summed E-state index contributed by atoms with van der Waals surface area (Å²) in [5, 5.41) is 0. The lowest BCUT2D eigenvalue weighted by Crippen LogP contribution is -2.44. The first kappa shape index (κ1) is 14.8. The topological polar surface area (TPSA) is 26.8 Å². The van der Waals surface area contributed by atoms with E-state index in [0.717, 1.165) is 19.0 Å². The molecule has 19 heavy (non-hydrogen) atoms. The molecule has 0 aromatic heterocycles. The molecule has 0 radical (unpaired) electrons. The number of rotatable bonds is 4. The second-order valence-electron chi connectivity index (χ2n) is 6.24. The van der Waals surface area contributed by atoms with Crippen LogP contribution in [-0.2, 0) is 4.79 Å². The van der Waals surface area contributed by atoms with E-state index < -0.39 is 0 Å². The Morgan fingerprint density at radius 1 is 1.05 bits per heavy atom. The van der Waals surface area contributed by atoms with Gasteiger partial charge in [-0.05, 0) is 45.2 Å². The Hall–Kier alpha value is -0.610. The first-order chi connectivity index (χ1) is 9.15. The molecule has 2 aliphatic rings. The summed E-state index contributed by atoms with van der Waals surface area (Å²) in [6.07, 6.45) is 5.09. The quantitative estimate of drug-likeness (QED) is 0.767. The molecule has 0 N–H and O–H groups in total. The van der Waals surface area contributed by atoms with Crippen LogP contribution in [0, 0.1) is 5.92 Å². The third kappa shape index (κ3) is 4.77. The van der Waals surface area contributed by atoms with Crippen molar-refractivity contribution in [2.24, 2.45) is 5.92 Å². The highest BCUT2D eigenvalue weighted by molar-refractivity contribution is 5.73. The van der Waals surface area contributed by atoms with Crippen LogP contribution in [0.4, 0.5) is 0 Å². The van der Waals surface area contributed by atoms with Crippen molar-refractivity contribution >= 4 is 5.91 Å². The minimum absolute atomic E-state index is 0.246. The maximum Gasteiger partial charge on any atom is 0.219 e. The van der Waals surface area contributed by atoms with Crippen molar-refractivity contribution in [2.75, 3.05) is 52.9 Å². The van der Waals surface area contributed by atoms with E-state index in [-0.39, 0.29) is 5.91 Å². The fourth-order valence-corrected chi connectivity index (χ4v) is 3.21. The molecule has 0 aromatic rings. The van der Waals surface area contributed by atoms with Crippen molar-refractivity contribution in [2.45, 2.75) is 32.6 Å². The molecular formula is C15H29N3O. The van der Waals surface area contributed by atoms with Crippen LogP contribution < -0.4 is 0 Å². The molecule has 4 heteroatoms. The van der Waals surface area contributed by atoms with Crippen LogP contribution >= 0.6 is 0 Å². The maximum absolute atomic E-state index is 11.3. The molecule has 0 unspecified atom stereocenters. The second-order valence-corrected chi connectivity index (χ2v) is 6.24. The van der Waals surface area contributed by atoms with Gasteiger partial charge in [0.2, 0.25) is 5.91 Å². The van der Waals surface area contributed by atoms with Crippen molar-refractivity contribution in [3.05, 3.63) is 0 Å². The van der Waals surface area contributed by atoms with Crippen LogP contribution in [-0.4, -0.2) is 73.5 Å². The number of piperazine rings is 1. The van der Waals surface area contributed by atoms with E-state index in [1.165, 1.54) is 58.4 Å². The average Bonchev–Trinajstić information content (AvgIpc) is 2.41. The highest BCUT2D eigenvalue weighted by Gasteiger charge is 2.20. The summed E-state index contributed by atoms with van der Waals surface area (Å²) >= 11 is 0. The third-order valence-electron chi connectivity index (χ3n) is 4.74. The van der Waals surface area contributed by atoms with E-state index in [9.17, 15) is 4.79 Å². The molecule has 2 fully saturated rings. The summed E-state index contributed by atoms with van der Waals surface area (Å²) in [5.41, 5.74) is 0. The molecule has 0 aromatic carbocycles. The summed E-state index contributed by atoms with van der Waals surface area (Å²) in [5.74, 6) is 1.10. The van der Waals surface area contributed by atoms with Gasteiger partial charge in [-0.15, -0.1) is 0 Å². The minimum Gasteiger partial charge on any atom is -0.343 e. The van der Waals surface area contributed by atoms with Crippen LogP contribution in [0.5, 0.6) is 0 Å². The number of hydrogen-bond acceptors (Lipinski definition) is 3. The van der Waals surface area contributed by atoms with Gasteiger partial charge in [0.05, 0.1) is 0 Å². The van der Waals surface area contributed by atoms with Gasteiger partial charge in [0.1, 0.15) is 0 Å². The minimum atomic E-state index is 0.246. The van der Waals surface area contributed by atoms with Gasteiger partial charge in [-0.25, -0.2) is 0 Å². The highest BCUT2D eigenvalue weighted by atomic mass is 16.2. The first-order valence-electron chi connectivity index (χ1n) is 7.81. The Balaban J connectivity index is 1.56. The molecule has 2 aliphatic heterocycles. The van der Waals surface area contributed by atoms with E-state index in [4.69, 9.17) is 0 Å². The predicted octanol–water partition coefficient (Wildman–Crippen LogP) is 1.27. The van der Waals surface area contributed by atoms with E-state index in [2.05, 4.69) is 16.8 Å². The number of likely N-dealkylation sites (tertiary alicyclic amines) is 1. The molecule has 0 atom stereocenters. The normalized spacial score (nSPS) is 23.8. The van der Waals surface area contributed by atoms with Crippen LogP contribution in [0.15, 0.2) is 0 Å². The third-order valence-corrected chi connectivity index (χ3v) is 4.74. The Bertz CT molecular complexity index is 279. The SMILES string of the molecule is CC(=O)N1CCC(CCCN2CCN(C)CC2)CC1. The lowest BCUT2D eigenvalue weighted by molar-refractivity contribution is -0.130. The molecule has 2 rings (SSSR count). The largest absolute Gasteiger partial charge is 0.343 e. The predicted molar refractivity (Wildman–Crippen MR) is 78.1 cm³/mol. The summed E-state index contributed by atoms with van der Waals surface area (Å²) in [4.78, 5) is 18.3. The van der Waals surface area contributed by atoms with Gasteiger partial charge in [-0.3, -0.25) is 4.79 Å². The van der Waals surface area contributed by atoms with Gasteiger partial charge < -0.3 is 14.7 Å². The number of nitrogens with zero attached hydrogens (tertiary/aromatic N) is 3. The summed E-state index contributed by atoms with van der Waals surface area (Å²) in [6, 6.07) is 0. The molecule has 2 heterocycles. The number of likely N-dealkylation sites (N-methyl/N-ethyl adjacent to an activating group) is 1. The molecule has 0 bridgehead atoms. The molecule has 110 valence electrons. The molecule has 2 saturated heterocycles. The molecule has 1 amide bonds. The fraction of sp³-hybridized carbons (Fsp3) is 0.933. The van der Waals surface area contributed by atoms with Crippen LogP contribution in [0.25, 0.3) is 0 Å². The molecule has 0 saturated carbocycles. The summed E-state index contributed by atoms with van der Waals surface area (Å²) in [6.45, 7) is 9.82. The zero-order valence-electron chi connectivity index (χ0n) is 12.6. The standard InChI is InChI=1S/C15H29N3O/c1-14(19)18-8-5-15(6-9-18)4-3-7-17-12-10-16(2)11-13-17/h15H,3-13H2,1-2H3. The molecule has 4 nitrogen and oxygen atoms in total. The van der Waals surface area contributed by atoms with Gasteiger partial charge in [-0.2, -0.15) is 0 Å². The Labute approximate surface area is 117 Å². The van der Waals surface area contributed by atoms with Crippen LogP contribution in [0.2, 0.25) is 0 Å². The first-order valence-corrected chi connectivity index (χ1v) is 7.81. The van der Waals surface area contributed by atoms with Gasteiger partial charge >= 0.3 is 0 Å². The smallest absolute Gasteiger partial charge is 0.219 e. The fourth-order valence-electron chi connectivity index (χ4n) is 3.21. The van der Waals surface area contributed by atoms with Crippen molar-refractivity contribution in [1.29, 1.82) is 0 Å². The number of hydrogen-bond donors (Lipinski definition) is 0. The van der Waals surface area contributed by atoms with E-state index >= 15 is 0 Å². The van der Waals surface area contributed by atoms with Crippen LogP contribution in [0.3, 0.4) is 0 Å². The Kier molecular flexibility index (Phi) is 5.64. The summed E-state index contributed by atoms with van der Waals surface area (Å²) < 4.78 is 0. The van der Waals surface area contributed by atoms with E-state index in [1.807, 2.05) is 4.90 Å². The molecule has 0 spiro atoms. The van der Waals surface area contributed by atoms with Crippen molar-refractivity contribution in [1.82, 2.24) is 14.7 Å². The lowest BCUT2D eigenvalue weighted by atomic mass is 9.92. The van der Waals surface area contributed by atoms with E-state index in [1.54, 1.807) is 6.92 Å². The number of carbonyl (C=O) groups excluding carboxylic acids is 1. The lowest BCUT2D eigenvalue weighted by Gasteiger charge is -2.34. The average molecular weight is 267 g/mol. The maximum atomic E-state index is 11.3. The zero-order chi connectivity index (χ0) is 13.7. The Morgan fingerprint density at radius 2 is 1.68 bits per heavy atom. The highest BCUT2D eigenvalue weighted by Crippen LogP contribution is 2.22. The number of piperidine rings is 1. The molecular weight excluding hydrogens is 238 g/mol. The second kappa shape index (κ2) is 7.25. The van der Waals surface area contributed by atoms with Gasteiger partial charge in [0.15, 0.2) is 0 Å². The Morgan fingerprint density at radius 3 is 2.26 bits per heavy atom. The zero-order valence-corrected chi connectivity index (χ0v) is 12.6. The van der Waals surface area contributed by atoms with E-state index in [0.29, 0.717) is 0 Å².